The summed E-state index contributed by atoms with van der Waals surface area (Å²) in [7, 11) is 1.59. The number of anilines is 1. The summed E-state index contributed by atoms with van der Waals surface area (Å²) in [6.07, 6.45) is 0. The van der Waals surface area contributed by atoms with Gasteiger partial charge in [-0.25, -0.2) is 0 Å². The maximum Gasteiger partial charge on any atom is 0.238 e. The summed E-state index contributed by atoms with van der Waals surface area (Å²) in [5, 5.41) is 5.84. The molecule has 1 fully saturated rings. The molecule has 0 atom stereocenters. The fourth-order valence-corrected chi connectivity index (χ4v) is 2.99. The molecule has 0 saturated carbocycles. The van der Waals surface area contributed by atoms with E-state index in [1.807, 2.05) is 39.0 Å². The predicted octanol–water partition coefficient (Wildman–Crippen LogP) is 1.08. The van der Waals surface area contributed by atoms with Gasteiger partial charge in [-0.15, -0.1) is 0 Å². The van der Waals surface area contributed by atoms with Gasteiger partial charge in [0.15, 0.2) is 0 Å². The SMILES string of the molecule is COc1ccc(C)cc1NC(=O)CN1CCN(CC(=O)NC(C)C)CC1. The van der Waals surface area contributed by atoms with E-state index in [-0.39, 0.29) is 17.9 Å². The molecule has 2 N–H and O–H groups in total. The number of carbonyl (C=O) groups excluding carboxylic acids is 2. The molecule has 0 radical (unpaired) electrons. The van der Waals surface area contributed by atoms with Crippen LogP contribution in [-0.4, -0.2) is 74.0 Å². The predicted molar refractivity (Wildman–Crippen MR) is 103 cm³/mol. The van der Waals surface area contributed by atoms with E-state index in [4.69, 9.17) is 4.74 Å². The zero-order valence-electron chi connectivity index (χ0n) is 16.2. The van der Waals surface area contributed by atoms with Crippen molar-refractivity contribution < 1.29 is 14.3 Å². The third-order valence-corrected chi connectivity index (χ3v) is 4.28. The Hall–Kier alpha value is -2.12. The van der Waals surface area contributed by atoms with Crippen LogP contribution in [0.5, 0.6) is 5.75 Å². The van der Waals surface area contributed by atoms with Crippen LogP contribution in [0.1, 0.15) is 19.4 Å². The molecule has 26 heavy (non-hydrogen) atoms. The zero-order valence-corrected chi connectivity index (χ0v) is 16.2. The highest BCUT2D eigenvalue weighted by Crippen LogP contribution is 2.25. The summed E-state index contributed by atoms with van der Waals surface area (Å²) in [5.74, 6) is 0.655. The van der Waals surface area contributed by atoms with Crippen molar-refractivity contribution in [1.82, 2.24) is 15.1 Å². The van der Waals surface area contributed by atoms with Crippen LogP contribution in [0.3, 0.4) is 0 Å². The van der Waals surface area contributed by atoms with Gasteiger partial charge in [-0.05, 0) is 38.5 Å². The molecule has 1 heterocycles. The van der Waals surface area contributed by atoms with Crippen molar-refractivity contribution in [3.8, 4) is 5.75 Å². The second-order valence-corrected chi connectivity index (χ2v) is 7.03. The van der Waals surface area contributed by atoms with Gasteiger partial charge in [0.1, 0.15) is 5.75 Å². The second-order valence-electron chi connectivity index (χ2n) is 7.03. The van der Waals surface area contributed by atoms with Crippen LogP contribution in [-0.2, 0) is 9.59 Å². The van der Waals surface area contributed by atoms with E-state index in [1.165, 1.54) is 0 Å². The minimum atomic E-state index is -0.0556. The van der Waals surface area contributed by atoms with Gasteiger partial charge < -0.3 is 15.4 Å². The number of hydrogen-bond donors (Lipinski definition) is 2. The summed E-state index contributed by atoms with van der Waals surface area (Å²) in [6.45, 7) is 9.75. The van der Waals surface area contributed by atoms with E-state index >= 15 is 0 Å². The van der Waals surface area contributed by atoms with Crippen LogP contribution in [0.4, 0.5) is 5.69 Å². The van der Waals surface area contributed by atoms with Crippen LogP contribution in [0.15, 0.2) is 18.2 Å². The van der Waals surface area contributed by atoms with E-state index in [9.17, 15) is 9.59 Å². The number of hydrogen-bond acceptors (Lipinski definition) is 5. The number of ether oxygens (including phenoxy) is 1. The van der Waals surface area contributed by atoms with Gasteiger partial charge in [-0.3, -0.25) is 19.4 Å². The molecule has 7 heteroatoms. The third kappa shape index (κ3) is 6.31. The molecule has 0 bridgehead atoms. The van der Waals surface area contributed by atoms with Crippen LogP contribution in [0, 0.1) is 6.92 Å². The van der Waals surface area contributed by atoms with Crippen LogP contribution < -0.4 is 15.4 Å². The van der Waals surface area contributed by atoms with E-state index < -0.39 is 0 Å². The monoisotopic (exact) mass is 362 g/mol. The molecule has 1 aliphatic rings. The lowest BCUT2D eigenvalue weighted by molar-refractivity contribution is -0.124. The average Bonchev–Trinajstić information content (AvgIpc) is 2.56. The van der Waals surface area contributed by atoms with E-state index in [0.717, 1.165) is 31.7 Å². The Morgan fingerprint density at radius 3 is 2.19 bits per heavy atom. The molecule has 2 rings (SSSR count). The van der Waals surface area contributed by atoms with Gasteiger partial charge in [0.05, 0.1) is 25.9 Å². The lowest BCUT2D eigenvalue weighted by Crippen LogP contribution is -2.51. The maximum absolute atomic E-state index is 12.4. The van der Waals surface area contributed by atoms with E-state index in [2.05, 4.69) is 20.4 Å². The molecular weight excluding hydrogens is 332 g/mol. The Labute approximate surface area is 155 Å². The summed E-state index contributed by atoms with van der Waals surface area (Å²) in [6, 6.07) is 5.86. The first-order valence-electron chi connectivity index (χ1n) is 9.06. The largest absolute Gasteiger partial charge is 0.495 e. The molecule has 1 aliphatic heterocycles. The van der Waals surface area contributed by atoms with Crippen molar-refractivity contribution in [2.24, 2.45) is 0 Å². The molecule has 0 aromatic heterocycles. The molecule has 2 amide bonds. The topological polar surface area (TPSA) is 73.9 Å². The lowest BCUT2D eigenvalue weighted by Gasteiger charge is -2.34. The molecule has 0 aliphatic carbocycles. The molecule has 1 aromatic carbocycles. The van der Waals surface area contributed by atoms with Crippen molar-refractivity contribution in [3.05, 3.63) is 23.8 Å². The number of benzene rings is 1. The smallest absolute Gasteiger partial charge is 0.238 e. The van der Waals surface area contributed by atoms with Crippen molar-refractivity contribution in [2.45, 2.75) is 26.8 Å². The standard InChI is InChI=1S/C19H30N4O3/c1-14(2)20-18(24)12-22-7-9-23(10-8-22)13-19(25)21-16-11-15(3)5-6-17(16)26-4/h5-6,11,14H,7-10,12-13H2,1-4H3,(H,20,24)(H,21,25). The Kier molecular flexibility index (Phi) is 7.41. The average molecular weight is 362 g/mol. The molecule has 0 spiro atoms. The fourth-order valence-electron chi connectivity index (χ4n) is 2.99. The summed E-state index contributed by atoms with van der Waals surface area (Å²) in [5.41, 5.74) is 1.76. The first-order valence-corrected chi connectivity index (χ1v) is 9.06. The number of methoxy groups -OCH3 is 1. The fraction of sp³-hybridized carbons (Fsp3) is 0.579. The zero-order chi connectivity index (χ0) is 19.1. The molecule has 1 aromatic rings. The summed E-state index contributed by atoms with van der Waals surface area (Å²) < 4.78 is 5.30. The number of aryl methyl sites for hydroxylation is 1. The molecule has 0 unspecified atom stereocenters. The highest BCUT2D eigenvalue weighted by atomic mass is 16.5. The van der Waals surface area contributed by atoms with Gasteiger partial charge in [0, 0.05) is 32.2 Å². The van der Waals surface area contributed by atoms with Crippen molar-refractivity contribution in [3.63, 3.8) is 0 Å². The molecule has 144 valence electrons. The van der Waals surface area contributed by atoms with Crippen molar-refractivity contribution in [1.29, 1.82) is 0 Å². The van der Waals surface area contributed by atoms with E-state index in [1.54, 1.807) is 7.11 Å². The van der Waals surface area contributed by atoms with Crippen LogP contribution in [0.2, 0.25) is 0 Å². The van der Waals surface area contributed by atoms with Gasteiger partial charge in [0.2, 0.25) is 11.8 Å². The number of amides is 2. The quantitative estimate of drug-likeness (QED) is 0.759. The van der Waals surface area contributed by atoms with Gasteiger partial charge in [-0.2, -0.15) is 0 Å². The Bertz CT molecular complexity index is 625. The third-order valence-electron chi connectivity index (χ3n) is 4.28. The van der Waals surface area contributed by atoms with E-state index in [0.29, 0.717) is 24.5 Å². The lowest BCUT2D eigenvalue weighted by atomic mass is 10.2. The van der Waals surface area contributed by atoms with Crippen molar-refractivity contribution in [2.75, 3.05) is 51.7 Å². The summed E-state index contributed by atoms with van der Waals surface area (Å²) >= 11 is 0. The number of piperazine rings is 1. The number of nitrogens with zero attached hydrogens (tertiary/aromatic N) is 2. The Morgan fingerprint density at radius 1 is 1.08 bits per heavy atom. The molecule has 7 nitrogen and oxygen atoms in total. The Morgan fingerprint density at radius 2 is 1.65 bits per heavy atom. The second kappa shape index (κ2) is 9.54. The number of rotatable bonds is 7. The number of carbonyl (C=O) groups is 2. The minimum absolute atomic E-state index is 0.0535. The Balaban J connectivity index is 1.78. The number of nitrogens with one attached hydrogen (secondary N) is 2. The normalized spacial score (nSPS) is 15.7. The highest BCUT2D eigenvalue weighted by molar-refractivity contribution is 5.93. The molecular formula is C19H30N4O3. The van der Waals surface area contributed by atoms with Gasteiger partial charge in [0.25, 0.3) is 0 Å². The van der Waals surface area contributed by atoms with Crippen LogP contribution in [0.25, 0.3) is 0 Å². The first kappa shape index (κ1) is 20.2. The van der Waals surface area contributed by atoms with Gasteiger partial charge >= 0.3 is 0 Å². The van der Waals surface area contributed by atoms with Crippen molar-refractivity contribution >= 4 is 17.5 Å². The summed E-state index contributed by atoms with van der Waals surface area (Å²) in [4.78, 5) is 28.4. The van der Waals surface area contributed by atoms with Gasteiger partial charge in [-0.1, -0.05) is 6.07 Å². The maximum atomic E-state index is 12.4. The van der Waals surface area contributed by atoms with Crippen LogP contribution >= 0.6 is 0 Å². The minimum Gasteiger partial charge on any atom is -0.495 e. The first-order chi connectivity index (χ1) is 12.4. The highest BCUT2D eigenvalue weighted by Gasteiger charge is 2.21. The molecule has 1 saturated heterocycles.